The van der Waals surface area contributed by atoms with Crippen molar-refractivity contribution in [2.24, 2.45) is 0 Å². The summed E-state index contributed by atoms with van der Waals surface area (Å²) in [6, 6.07) is 1.75. The molecule has 1 fully saturated rings. The Bertz CT molecular complexity index is 351. The van der Waals surface area contributed by atoms with E-state index < -0.39 is 0 Å². The van der Waals surface area contributed by atoms with Crippen LogP contribution in [0.1, 0.15) is 6.42 Å². The summed E-state index contributed by atoms with van der Waals surface area (Å²) < 4.78 is 16.1. The Morgan fingerprint density at radius 1 is 1.31 bits per heavy atom. The van der Waals surface area contributed by atoms with Crippen LogP contribution < -0.4 is 19.5 Å². The first-order valence-electron chi connectivity index (χ1n) is 5.29. The predicted molar refractivity (Wildman–Crippen MR) is 59.2 cm³/mol. The van der Waals surface area contributed by atoms with E-state index in [4.69, 9.17) is 14.2 Å². The molecule has 88 valence electrons. The van der Waals surface area contributed by atoms with Gasteiger partial charge in [-0.25, -0.2) is 4.98 Å². The van der Waals surface area contributed by atoms with Crippen LogP contribution in [-0.4, -0.2) is 38.4 Å². The van der Waals surface area contributed by atoms with Crippen molar-refractivity contribution in [1.29, 1.82) is 0 Å². The second-order valence-corrected chi connectivity index (χ2v) is 3.61. The van der Waals surface area contributed by atoms with Crippen LogP contribution in [0.5, 0.6) is 17.4 Å². The van der Waals surface area contributed by atoms with Crippen molar-refractivity contribution >= 4 is 0 Å². The minimum atomic E-state index is 0.195. The van der Waals surface area contributed by atoms with Crippen LogP contribution in [0.15, 0.2) is 12.3 Å². The molecule has 2 rings (SSSR count). The number of hydrogen-bond donors (Lipinski definition) is 1. The van der Waals surface area contributed by atoms with E-state index in [1.165, 1.54) is 0 Å². The molecule has 0 aliphatic carbocycles. The Hall–Kier alpha value is -1.49. The summed E-state index contributed by atoms with van der Waals surface area (Å²) in [5.74, 6) is 1.84. The van der Waals surface area contributed by atoms with Crippen LogP contribution in [0.4, 0.5) is 0 Å². The van der Waals surface area contributed by atoms with Crippen LogP contribution in [0.2, 0.25) is 0 Å². The number of methoxy groups -OCH3 is 2. The lowest BCUT2D eigenvalue weighted by Crippen LogP contribution is -2.19. The first-order chi connectivity index (χ1) is 7.83. The third-order valence-electron chi connectivity index (χ3n) is 2.54. The minimum Gasteiger partial charge on any atom is -0.491 e. The van der Waals surface area contributed by atoms with Crippen LogP contribution in [0.3, 0.4) is 0 Å². The SMILES string of the molecule is COc1cc(OC2CCNC2)c(OC)cn1. The van der Waals surface area contributed by atoms with E-state index in [1.807, 2.05) is 0 Å². The standard InChI is InChI=1S/C11H16N2O3/c1-14-10-7-13-11(15-2)5-9(10)16-8-3-4-12-6-8/h5,7-8,12H,3-4,6H2,1-2H3. The number of pyridine rings is 1. The molecule has 5 heteroatoms. The van der Waals surface area contributed by atoms with Gasteiger partial charge in [-0.15, -0.1) is 0 Å². The maximum Gasteiger partial charge on any atom is 0.216 e. The van der Waals surface area contributed by atoms with Crippen molar-refractivity contribution in [2.75, 3.05) is 27.3 Å². The van der Waals surface area contributed by atoms with Gasteiger partial charge in [0.1, 0.15) is 6.10 Å². The number of ether oxygens (including phenoxy) is 3. The molecule has 5 nitrogen and oxygen atoms in total. The summed E-state index contributed by atoms with van der Waals surface area (Å²) >= 11 is 0. The van der Waals surface area contributed by atoms with Crippen molar-refractivity contribution in [1.82, 2.24) is 10.3 Å². The third kappa shape index (κ3) is 2.36. The highest BCUT2D eigenvalue weighted by Gasteiger charge is 2.18. The van der Waals surface area contributed by atoms with Gasteiger partial charge in [0.2, 0.25) is 5.88 Å². The van der Waals surface area contributed by atoms with Gasteiger partial charge >= 0.3 is 0 Å². The van der Waals surface area contributed by atoms with Crippen molar-refractivity contribution < 1.29 is 14.2 Å². The van der Waals surface area contributed by atoms with Gasteiger partial charge < -0.3 is 19.5 Å². The van der Waals surface area contributed by atoms with E-state index >= 15 is 0 Å². The normalized spacial score (nSPS) is 19.5. The Labute approximate surface area is 94.7 Å². The van der Waals surface area contributed by atoms with Crippen LogP contribution in [0.25, 0.3) is 0 Å². The van der Waals surface area contributed by atoms with Gasteiger partial charge in [0.05, 0.1) is 20.4 Å². The molecule has 0 aromatic carbocycles. The van der Waals surface area contributed by atoms with Crippen molar-refractivity contribution in [3.63, 3.8) is 0 Å². The number of aromatic nitrogens is 1. The maximum absolute atomic E-state index is 5.83. The van der Waals surface area contributed by atoms with E-state index in [1.54, 1.807) is 26.5 Å². The molecule has 0 radical (unpaired) electrons. The van der Waals surface area contributed by atoms with Crippen LogP contribution in [-0.2, 0) is 0 Å². The van der Waals surface area contributed by atoms with Gasteiger partial charge in [-0.2, -0.15) is 0 Å². The molecule has 1 N–H and O–H groups in total. The number of rotatable bonds is 4. The van der Waals surface area contributed by atoms with Gasteiger partial charge in [-0.05, 0) is 13.0 Å². The number of hydrogen-bond acceptors (Lipinski definition) is 5. The molecule has 0 amide bonds. The summed E-state index contributed by atoms with van der Waals surface area (Å²) in [4.78, 5) is 4.06. The lowest BCUT2D eigenvalue weighted by atomic mass is 10.3. The molecule has 2 heterocycles. The highest BCUT2D eigenvalue weighted by molar-refractivity contribution is 5.41. The van der Waals surface area contributed by atoms with E-state index in [2.05, 4.69) is 10.3 Å². The fourth-order valence-electron chi connectivity index (χ4n) is 1.67. The molecule has 1 aliphatic rings. The molecule has 1 aromatic heterocycles. The Morgan fingerprint density at radius 2 is 2.19 bits per heavy atom. The van der Waals surface area contributed by atoms with Gasteiger partial charge in [0.15, 0.2) is 11.5 Å². The maximum atomic E-state index is 5.83. The lowest BCUT2D eigenvalue weighted by molar-refractivity contribution is 0.211. The molecule has 0 spiro atoms. The van der Waals surface area contributed by atoms with Crippen molar-refractivity contribution in [3.05, 3.63) is 12.3 Å². The van der Waals surface area contributed by atoms with Gasteiger partial charge in [-0.3, -0.25) is 0 Å². The fraction of sp³-hybridized carbons (Fsp3) is 0.545. The Kier molecular flexibility index (Phi) is 3.46. The zero-order valence-corrected chi connectivity index (χ0v) is 9.53. The lowest BCUT2D eigenvalue weighted by Gasteiger charge is -2.15. The van der Waals surface area contributed by atoms with Gasteiger partial charge in [-0.1, -0.05) is 0 Å². The largest absolute Gasteiger partial charge is 0.491 e. The fourth-order valence-corrected chi connectivity index (χ4v) is 1.67. The molecular formula is C11H16N2O3. The topological polar surface area (TPSA) is 52.6 Å². The minimum absolute atomic E-state index is 0.195. The molecule has 16 heavy (non-hydrogen) atoms. The molecule has 1 unspecified atom stereocenters. The zero-order chi connectivity index (χ0) is 11.4. The van der Waals surface area contributed by atoms with E-state index in [0.29, 0.717) is 17.4 Å². The molecular weight excluding hydrogens is 208 g/mol. The van der Waals surface area contributed by atoms with E-state index in [-0.39, 0.29) is 6.10 Å². The molecule has 1 saturated heterocycles. The van der Waals surface area contributed by atoms with Gasteiger partial charge in [0, 0.05) is 12.6 Å². The zero-order valence-electron chi connectivity index (χ0n) is 9.53. The quantitative estimate of drug-likeness (QED) is 0.821. The summed E-state index contributed by atoms with van der Waals surface area (Å²) in [7, 11) is 3.18. The Balaban J connectivity index is 2.15. The molecule has 0 saturated carbocycles. The van der Waals surface area contributed by atoms with Crippen molar-refractivity contribution in [3.8, 4) is 17.4 Å². The third-order valence-corrected chi connectivity index (χ3v) is 2.54. The summed E-state index contributed by atoms with van der Waals surface area (Å²) in [5.41, 5.74) is 0. The second-order valence-electron chi connectivity index (χ2n) is 3.61. The van der Waals surface area contributed by atoms with Crippen LogP contribution >= 0.6 is 0 Å². The van der Waals surface area contributed by atoms with E-state index in [9.17, 15) is 0 Å². The average Bonchev–Trinajstić information content (AvgIpc) is 2.82. The van der Waals surface area contributed by atoms with E-state index in [0.717, 1.165) is 19.5 Å². The second kappa shape index (κ2) is 5.03. The average molecular weight is 224 g/mol. The molecule has 0 bridgehead atoms. The van der Waals surface area contributed by atoms with Crippen LogP contribution in [0, 0.1) is 0 Å². The monoisotopic (exact) mass is 224 g/mol. The number of nitrogens with one attached hydrogen (secondary N) is 1. The summed E-state index contributed by atoms with van der Waals surface area (Å²) in [6.07, 6.45) is 2.81. The predicted octanol–water partition coefficient (Wildman–Crippen LogP) is 0.839. The Morgan fingerprint density at radius 3 is 2.81 bits per heavy atom. The van der Waals surface area contributed by atoms with Crippen molar-refractivity contribution in [2.45, 2.75) is 12.5 Å². The highest BCUT2D eigenvalue weighted by Crippen LogP contribution is 2.30. The first-order valence-corrected chi connectivity index (χ1v) is 5.29. The summed E-state index contributed by atoms with van der Waals surface area (Å²) in [6.45, 7) is 1.86. The smallest absolute Gasteiger partial charge is 0.216 e. The first kappa shape index (κ1) is 11.0. The summed E-state index contributed by atoms with van der Waals surface area (Å²) in [5, 5.41) is 3.25. The molecule has 1 aliphatic heterocycles. The molecule has 1 aromatic rings. The highest BCUT2D eigenvalue weighted by atomic mass is 16.5. The number of nitrogens with zero attached hydrogens (tertiary/aromatic N) is 1. The molecule has 1 atom stereocenters. The van der Waals surface area contributed by atoms with Gasteiger partial charge in [0.25, 0.3) is 0 Å².